The number of nitrogens with zero attached hydrogens (tertiary/aromatic N) is 5. The van der Waals surface area contributed by atoms with Crippen molar-refractivity contribution in [2.45, 2.75) is 30.7 Å². The average molecular weight is 570 g/mol. The van der Waals surface area contributed by atoms with Gasteiger partial charge >= 0.3 is 5.97 Å². The molecular formula is C21H26FN8O6S2+. The third kappa shape index (κ3) is 4.37. The number of hydrogen-bond donors (Lipinski definition) is 4. The SMILES string of the molecule is NC(=O)C12CC[N+](CC3=C(C(=O)O)N4C(=O)[C@@H](NC(=O)/C(=N\OCF)c5nsc(N)n5)[C@@H]4SC3)(CC1)CC2. The van der Waals surface area contributed by atoms with Gasteiger partial charge in [-0.3, -0.25) is 19.3 Å². The van der Waals surface area contributed by atoms with Crippen molar-refractivity contribution >= 4 is 57.8 Å². The number of fused-ring (bicyclic) bond motifs is 4. The summed E-state index contributed by atoms with van der Waals surface area (Å²) >= 11 is 2.14. The second-order valence-corrected chi connectivity index (χ2v) is 11.7. The largest absolute Gasteiger partial charge is 0.477 e. The molecule has 6 N–H and O–H groups in total. The third-order valence-electron chi connectivity index (χ3n) is 7.85. The summed E-state index contributed by atoms with van der Waals surface area (Å²) in [6, 6.07) is -1.04. The van der Waals surface area contributed by atoms with E-state index in [0.717, 1.165) is 31.2 Å². The van der Waals surface area contributed by atoms with Crippen LogP contribution in [0.1, 0.15) is 25.1 Å². The quantitative estimate of drug-likeness (QED) is 0.123. The van der Waals surface area contributed by atoms with E-state index >= 15 is 0 Å². The minimum Gasteiger partial charge on any atom is -0.477 e. The molecule has 4 saturated heterocycles. The molecule has 204 valence electrons. The number of oxime groups is 1. The van der Waals surface area contributed by atoms with Crippen molar-refractivity contribution in [2.24, 2.45) is 16.3 Å². The summed E-state index contributed by atoms with van der Waals surface area (Å²) in [7, 11) is 0. The molecule has 0 unspecified atom stereocenters. The molecule has 1 aromatic rings. The first-order chi connectivity index (χ1) is 18.1. The van der Waals surface area contributed by atoms with Crippen molar-refractivity contribution in [1.29, 1.82) is 0 Å². The molecule has 5 aliphatic heterocycles. The third-order valence-corrected chi connectivity index (χ3v) is 9.73. The highest BCUT2D eigenvalue weighted by atomic mass is 32.2. The first-order valence-electron chi connectivity index (χ1n) is 11.8. The van der Waals surface area contributed by atoms with Gasteiger partial charge in [-0.05, 0) is 0 Å². The van der Waals surface area contributed by atoms with Crippen LogP contribution in [0.3, 0.4) is 0 Å². The van der Waals surface area contributed by atoms with Crippen LogP contribution < -0.4 is 16.8 Å². The zero-order valence-electron chi connectivity index (χ0n) is 20.1. The molecule has 6 rings (SSSR count). The molecule has 38 heavy (non-hydrogen) atoms. The number of anilines is 1. The molecule has 6 heterocycles. The Bertz CT molecular complexity index is 1240. The molecule has 3 amide bonds. The van der Waals surface area contributed by atoms with E-state index < -0.39 is 47.2 Å². The first-order valence-corrected chi connectivity index (χ1v) is 13.6. The van der Waals surface area contributed by atoms with Crippen LogP contribution in [0.25, 0.3) is 0 Å². The standard InChI is InChI=1S/C21H25FN8O6S2/c22-9-36-27-11(14-26-20(24)38-28-14)15(31)25-12-16(32)29-13(18(33)34)10(8-37-17(12)29)7-30-4-1-21(2-5-30,3-6-30)19(23)35/h12,17H,1-9H2,(H5-,23,24,25,26,28,31,33,34,35)/p+1/b27-11-/t12-,17+,21?,30?/m1/s1. The van der Waals surface area contributed by atoms with E-state index in [4.69, 9.17) is 11.5 Å². The fourth-order valence-electron chi connectivity index (χ4n) is 5.69. The summed E-state index contributed by atoms with van der Waals surface area (Å²) in [5, 5.41) is 15.4. The summed E-state index contributed by atoms with van der Waals surface area (Å²) in [6.07, 6.45) is 2.00. The number of hydrogen-bond acceptors (Lipinski definition) is 11. The lowest BCUT2D eigenvalue weighted by molar-refractivity contribution is -0.940. The number of nitrogens with two attached hydrogens (primary N) is 2. The molecule has 0 aliphatic carbocycles. The lowest BCUT2D eigenvalue weighted by atomic mass is 9.70. The molecular weight excluding hydrogens is 543 g/mol. The number of carbonyl (C=O) groups excluding carboxylic acids is 3. The van der Waals surface area contributed by atoms with Gasteiger partial charge in [0.15, 0.2) is 5.13 Å². The maximum atomic E-state index is 13.1. The van der Waals surface area contributed by atoms with Crippen LogP contribution in [0, 0.1) is 5.41 Å². The molecule has 0 radical (unpaired) electrons. The Morgan fingerprint density at radius 1 is 1.29 bits per heavy atom. The number of piperidine rings is 3. The van der Waals surface area contributed by atoms with Crippen molar-refractivity contribution in [3.05, 3.63) is 17.1 Å². The number of amides is 3. The van der Waals surface area contributed by atoms with Gasteiger partial charge in [-0.25, -0.2) is 9.18 Å². The van der Waals surface area contributed by atoms with Crippen molar-refractivity contribution < 1.29 is 38.0 Å². The Morgan fingerprint density at radius 2 is 1.97 bits per heavy atom. The van der Waals surface area contributed by atoms with E-state index in [-0.39, 0.29) is 22.6 Å². The average Bonchev–Trinajstić information content (AvgIpc) is 3.33. The minimum atomic E-state index is -1.30. The van der Waals surface area contributed by atoms with E-state index in [1.54, 1.807) is 0 Å². The summed E-state index contributed by atoms with van der Waals surface area (Å²) in [5.41, 5.74) is 10.9. The van der Waals surface area contributed by atoms with E-state index in [1.165, 1.54) is 16.7 Å². The Labute approximate surface area is 224 Å². The second kappa shape index (κ2) is 9.77. The summed E-state index contributed by atoms with van der Waals surface area (Å²) < 4.78 is 17.1. The number of aromatic nitrogens is 2. The highest BCUT2D eigenvalue weighted by Gasteiger charge is 2.57. The van der Waals surface area contributed by atoms with Crippen LogP contribution in [0.15, 0.2) is 16.4 Å². The molecule has 4 fully saturated rings. The Morgan fingerprint density at radius 3 is 2.53 bits per heavy atom. The highest BCUT2D eigenvalue weighted by molar-refractivity contribution is 8.00. The van der Waals surface area contributed by atoms with E-state index in [1.807, 2.05) is 0 Å². The van der Waals surface area contributed by atoms with Gasteiger partial charge in [0.2, 0.25) is 17.4 Å². The number of carbonyl (C=O) groups is 4. The smallest absolute Gasteiger partial charge is 0.352 e. The predicted octanol–water partition coefficient (Wildman–Crippen LogP) is -1.01. The zero-order valence-corrected chi connectivity index (χ0v) is 21.7. The number of carboxylic acid groups (broad SMARTS) is 1. The molecule has 14 nitrogen and oxygen atoms in total. The molecule has 17 heteroatoms. The van der Waals surface area contributed by atoms with Crippen LogP contribution >= 0.6 is 23.3 Å². The molecule has 2 bridgehead atoms. The molecule has 2 atom stereocenters. The monoisotopic (exact) mass is 569 g/mol. The van der Waals surface area contributed by atoms with Gasteiger partial charge in [0.05, 0.1) is 25.0 Å². The van der Waals surface area contributed by atoms with Gasteiger partial charge < -0.3 is 31.2 Å². The number of thioether (sulfide) groups is 1. The normalized spacial score (nSPS) is 30.5. The number of alkyl halides is 1. The van der Waals surface area contributed by atoms with Crippen LogP contribution in [-0.4, -0.2) is 103 Å². The summed E-state index contributed by atoms with van der Waals surface area (Å²) in [6.45, 7) is 1.32. The Kier molecular flexibility index (Phi) is 6.77. The lowest BCUT2D eigenvalue weighted by Gasteiger charge is -2.55. The molecule has 0 aromatic carbocycles. The van der Waals surface area contributed by atoms with Gasteiger partial charge in [-0.15, -0.1) is 11.8 Å². The van der Waals surface area contributed by atoms with Gasteiger partial charge in [0.25, 0.3) is 18.7 Å². The summed E-state index contributed by atoms with van der Waals surface area (Å²) in [4.78, 5) is 59.7. The molecule has 0 spiro atoms. The van der Waals surface area contributed by atoms with E-state index in [2.05, 4.69) is 24.7 Å². The number of carboxylic acids is 1. The highest BCUT2D eigenvalue weighted by Crippen LogP contribution is 2.46. The Balaban J connectivity index is 1.32. The number of primary amides is 1. The number of halogens is 1. The van der Waals surface area contributed by atoms with Crippen molar-refractivity contribution in [3.63, 3.8) is 0 Å². The number of nitrogens with one attached hydrogen (secondary N) is 1. The maximum absolute atomic E-state index is 13.1. The van der Waals surface area contributed by atoms with E-state index in [0.29, 0.717) is 41.6 Å². The van der Waals surface area contributed by atoms with Gasteiger partial charge in [0, 0.05) is 42.1 Å². The number of nitrogen functional groups attached to an aromatic ring is 1. The zero-order chi connectivity index (χ0) is 27.2. The molecule has 0 saturated carbocycles. The maximum Gasteiger partial charge on any atom is 0.352 e. The van der Waals surface area contributed by atoms with Crippen molar-refractivity contribution in [3.8, 4) is 0 Å². The fourth-order valence-corrected chi connectivity index (χ4v) is 7.46. The fraction of sp³-hybridized carbons (Fsp3) is 0.571. The number of β-lactam (4-membered cyclic amide) rings is 1. The minimum absolute atomic E-state index is 0.0485. The van der Waals surface area contributed by atoms with Crippen LogP contribution in [0.5, 0.6) is 0 Å². The summed E-state index contributed by atoms with van der Waals surface area (Å²) in [5.74, 6) is -2.80. The number of quaternary nitrogens is 1. The van der Waals surface area contributed by atoms with E-state index in [9.17, 15) is 28.7 Å². The Hall–Kier alpha value is -3.31. The van der Waals surface area contributed by atoms with Crippen molar-refractivity contribution in [1.82, 2.24) is 19.6 Å². The predicted molar refractivity (Wildman–Crippen MR) is 133 cm³/mol. The lowest BCUT2D eigenvalue weighted by Crippen LogP contribution is -2.71. The van der Waals surface area contributed by atoms with Gasteiger partial charge in [0.1, 0.15) is 23.7 Å². The van der Waals surface area contributed by atoms with Gasteiger partial charge in [-0.2, -0.15) is 9.36 Å². The number of rotatable bonds is 9. The number of aliphatic carboxylic acids is 1. The second-order valence-electron chi connectivity index (χ2n) is 9.82. The molecule has 1 aromatic heterocycles. The first kappa shape index (κ1) is 26.3. The van der Waals surface area contributed by atoms with Crippen LogP contribution in [0.4, 0.5) is 9.52 Å². The molecule has 5 aliphatic rings. The topological polar surface area (TPSA) is 203 Å². The van der Waals surface area contributed by atoms with Crippen LogP contribution in [-0.2, 0) is 24.0 Å². The van der Waals surface area contributed by atoms with Gasteiger partial charge in [-0.1, -0.05) is 5.16 Å². The van der Waals surface area contributed by atoms with Crippen molar-refractivity contribution in [2.75, 3.05) is 44.5 Å². The van der Waals surface area contributed by atoms with Crippen LogP contribution in [0.2, 0.25) is 0 Å².